The van der Waals surface area contributed by atoms with E-state index in [-0.39, 0.29) is 0 Å². The van der Waals surface area contributed by atoms with Gasteiger partial charge < -0.3 is 0 Å². The van der Waals surface area contributed by atoms with Crippen LogP contribution in [0.25, 0.3) is 10.2 Å². The number of aryl methyl sites for hydroxylation is 1. The van der Waals surface area contributed by atoms with Crippen LogP contribution in [0.15, 0.2) is 12.3 Å². The van der Waals surface area contributed by atoms with E-state index < -0.39 is 0 Å². The average Bonchev–Trinajstić information content (AvgIpc) is 2.47. The second kappa shape index (κ2) is 3.24. The lowest BCUT2D eigenvalue weighted by atomic mass is 10.3. The van der Waals surface area contributed by atoms with Crippen molar-refractivity contribution >= 4 is 44.1 Å². The number of nitrogens with zero attached hydrogens (tertiary/aromatic N) is 2. The highest BCUT2D eigenvalue weighted by Crippen LogP contribution is 2.29. The van der Waals surface area contributed by atoms with E-state index in [1.54, 1.807) is 17.5 Å². The average molecular weight is 300 g/mol. The van der Waals surface area contributed by atoms with Crippen LogP contribution in [0.1, 0.15) is 10.4 Å². The Morgan fingerprint density at radius 2 is 2.38 bits per heavy atom. The molecule has 13 heavy (non-hydrogen) atoms. The summed E-state index contributed by atoms with van der Waals surface area (Å²) in [5.74, 6) is 0. The molecular weight excluding hydrogens is 295 g/mol. The minimum atomic E-state index is 0.662. The molecule has 2 aromatic rings. The second-order valence-electron chi connectivity index (χ2n) is 2.67. The van der Waals surface area contributed by atoms with Crippen molar-refractivity contribution in [1.29, 1.82) is 5.26 Å². The fourth-order valence-corrected chi connectivity index (χ4v) is 2.92. The van der Waals surface area contributed by atoms with Crippen molar-refractivity contribution < 1.29 is 0 Å². The molecule has 4 heteroatoms. The van der Waals surface area contributed by atoms with Crippen LogP contribution < -0.4 is 0 Å². The fraction of sp³-hybridized carbons (Fsp3) is 0.111. The molecule has 0 aromatic carbocycles. The summed E-state index contributed by atoms with van der Waals surface area (Å²) < 4.78 is 2.14. The van der Waals surface area contributed by atoms with E-state index >= 15 is 0 Å². The number of hydrogen-bond donors (Lipinski definition) is 0. The van der Waals surface area contributed by atoms with E-state index in [4.69, 9.17) is 5.26 Å². The van der Waals surface area contributed by atoms with Gasteiger partial charge in [0.05, 0.1) is 19.4 Å². The van der Waals surface area contributed by atoms with Gasteiger partial charge in [0, 0.05) is 11.1 Å². The Morgan fingerprint density at radius 1 is 1.62 bits per heavy atom. The summed E-state index contributed by atoms with van der Waals surface area (Å²) in [6.07, 6.45) is 1.64. The zero-order valence-corrected chi connectivity index (χ0v) is 9.81. The van der Waals surface area contributed by atoms with Gasteiger partial charge in [-0.3, -0.25) is 4.98 Å². The molecule has 2 nitrogen and oxygen atoms in total. The molecule has 0 saturated carbocycles. The molecule has 2 aromatic heterocycles. The Morgan fingerprint density at radius 3 is 3.08 bits per heavy atom. The Kier molecular flexibility index (Phi) is 2.22. The van der Waals surface area contributed by atoms with Crippen LogP contribution in [0.5, 0.6) is 0 Å². The molecule has 2 heterocycles. The molecule has 0 aliphatic heterocycles. The molecule has 0 radical (unpaired) electrons. The van der Waals surface area contributed by atoms with Gasteiger partial charge in [0.2, 0.25) is 0 Å². The van der Waals surface area contributed by atoms with Crippen LogP contribution in [0.3, 0.4) is 0 Å². The SMILES string of the molecule is Cc1cc2ncc(C#N)c(I)c2s1. The number of fused-ring (bicyclic) bond motifs is 1. The molecule has 0 bridgehead atoms. The van der Waals surface area contributed by atoms with Gasteiger partial charge in [-0.1, -0.05) is 0 Å². The maximum atomic E-state index is 8.79. The third-order valence-corrected chi connectivity index (χ3v) is 4.27. The van der Waals surface area contributed by atoms with Gasteiger partial charge in [0.25, 0.3) is 0 Å². The normalized spacial score (nSPS) is 10.2. The van der Waals surface area contributed by atoms with Crippen LogP contribution in [0.4, 0.5) is 0 Å². The maximum Gasteiger partial charge on any atom is 0.102 e. The Bertz CT molecular complexity index is 510. The van der Waals surface area contributed by atoms with Gasteiger partial charge in [-0.15, -0.1) is 11.3 Å². The zero-order chi connectivity index (χ0) is 9.42. The number of halogens is 1. The van der Waals surface area contributed by atoms with Gasteiger partial charge in [-0.05, 0) is 35.6 Å². The Hall–Kier alpha value is -0.670. The standard InChI is InChI=1S/C9H5IN2S/c1-5-2-7-9(13-5)8(10)6(3-11)4-12-7/h2,4H,1H3. The first-order chi connectivity index (χ1) is 6.22. The number of pyridine rings is 1. The molecular formula is C9H5IN2S. The quantitative estimate of drug-likeness (QED) is 0.701. The second-order valence-corrected chi connectivity index (χ2v) is 5.00. The third-order valence-electron chi connectivity index (χ3n) is 1.72. The summed E-state index contributed by atoms with van der Waals surface area (Å²) >= 11 is 3.89. The summed E-state index contributed by atoms with van der Waals surface area (Å²) in [5, 5.41) is 8.79. The van der Waals surface area contributed by atoms with E-state index in [9.17, 15) is 0 Å². The summed E-state index contributed by atoms with van der Waals surface area (Å²) in [5.41, 5.74) is 1.65. The number of rotatable bonds is 0. The summed E-state index contributed by atoms with van der Waals surface area (Å²) in [7, 11) is 0. The Balaban J connectivity index is 2.87. The van der Waals surface area contributed by atoms with E-state index in [0.29, 0.717) is 5.56 Å². The maximum absolute atomic E-state index is 8.79. The molecule has 0 saturated heterocycles. The van der Waals surface area contributed by atoms with E-state index in [1.165, 1.54) is 4.88 Å². The van der Waals surface area contributed by atoms with Crippen molar-refractivity contribution in [2.45, 2.75) is 6.92 Å². The molecule has 0 aliphatic carbocycles. The van der Waals surface area contributed by atoms with Gasteiger partial charge >= 0.3 is 0 Å². The number of aromatic nitrogens is 1. The molecule has 0 unspecified atom stereocenters. The van der Waals surface area contributed by atoms with Crippen molar-refractivity contribution in [2.75, 3.05) is 0 Å². The zero-order valence-electron chi connectivity index (χ0n) is 6.84. The first-order valence-electron chi connectivity index (χ1n) is 3.67. The van der Waals surface area contributed by atoms with Gasteiger partial charge in [0.1, 0.15) is 6.07 Å². The molecule has 0 amide bonds. The monoisotopic (exact) mass is 300 g/mol. The molecule has 0 aliphatic rings. The third kappa shape index (κ3) is 1.42. The largest absolute Gasteiger partial charge is 0.254 e. The van der Waals surface area contributed by atoms with Gasteiger partial charge in [0.15, 0.2) is 0 Å². The number of nitriles is 1. The predicted octanol–water partition coefficient (Wildman–Crippen LogP) is 3.08. The molecule has 0 atom stereocenters. The first-order valence-corrected chi connectivity index (χ1v) is 5.56. The van der Waals surface area contributed by atoms with Crippen LogP contribution in [0, 0.1) is 21.8 Å². The van der Waals surface area contributed by atoms with Gasteiger partial charge in [-0.2, -0.15) is 5.26 Å². The highest BCUT2D eigenvalue weighted by Gasteiger charge is 2.07. The molecule has 0 spiro atoms. The topological polar surface area (TPSA) is 36.7 Å². The van der Waals surface area contributed by atoms with E-state index in [0.717, 1.165) is 13.8 Å². The highest BCUT2D eigenvalue weighted by atomic mass is 127. The highest BCUT2D eigenvalue weighted by molar-refractivity contribution is 14.1. The van der Waals surface area contributed by atoms with Crippen LogP contribution >= 0.6 is 33.9 Å². The van der Waals surface area contributed by atoms with E-state index in [2.05, 4.69) is 40.6 Å². The lowest BCUT2D eigenvalue weighted by molar-refractivity contribution is 1.37. The smallest absolute Gasteiger partial charge is 0.102 e. The molecule has 64 valence electrons. The minimum Gasteiger partial charge on any atom is -0.254 e. The first kappa shape index (κ1) is 8.91. The lowest BCUT2D eigenvalue weighted by Crippen LogP contribution is -1.83. The summed E-state index contributed by atoms with van der Waals surface area (Å²) in [6, 6.07) is 4.18. The van der Waals surface area contributed by atoms with Crippen molar-refractivity contribution in [3.8, 4) is 6.07 Å². The van der Waals surface area contributed by atoms with Crippen LogP contribution in [-0.4, -0.2) is 4.98 Å². The summed E-state index contributed by atoms with van der Waals surface area (Å²) in [6.45, 7) is 2.05. The van der Waals surface area contributed by atoms with Crippen molar-refractivity contribution in [3.63, 3.8) is 0 Å². The van der Waals surface area contributed by atoms with Crippen molar-refractivity contribution in [1.82, 2.24) is 4.98 Å². The number of thiophene rings is 1. The molecule has 0 fully saturated rings. The van der Waals surface area contributed by atoms with E-state index in [1.807, 2.05) is 6.07 Å². The molecule has 2 rings (SSSR count). The fourth-order valence-electron chi connectivity index (χ4n) is 1.14. The predicted molar refractivity (Wildman–Crippen MR) is 61.8 cm³/mol. The van der Waals surface area contributed by atoms with Crippen LogP contribution in [0.2, 0.25) is 0 Å². The van der Waals surface area contributed by atoms with Crippen molar-refractivity contribution in [3.05, 3.63) is 26.3 Å². The molecule has 0 N–H and O–H groups in total. The Labute approximate surface area is 93.4 Å². The van der Waals surface area contributed by atoms with Crippen LogP contribution in [-0.2, 0) is 0 Å². The number of hydrogen-bond acceptors (Lipinski definition) is 3. The van der Waals surface area contributed by atoms with Crippen molar-refractivity contribution in [2.24, 2.45) is 0 Å². The van der Waals surface area contributed by atoms with Gasteiger partial charge in [-0.25, -0.2) is 0 Å². The summed E-state index contributed by atoms with van der Waals surface area (Å²) in [4.78, 5) is 5.45. The lowest BCUT2D eigenvalue weighted by Gasteiger charge is -1.94. The minimum absolute atomic E-state index is 0.662.